The van der Waals surface area contributed by atoms with Crippen LogP contribution in [0.4, 0.5) is 4.39 Å². The van der Waals surface area contributed by atoms with E-state index in [1.165, 1.54) is 7.11 Å². The normalized spacial score (nSPS) is 9.83. The van der Waals surface area contributed by atoms with E-state index in [0.717, 1.165) is 0 Å². The van der Waals surface area contributed by atoms with Gasteiger partial charge in [-0.3, -0.25) is 9.97 Å². The molecular weight excluding hydrogens is 233 g/mol. The van der Waals surface area contributed by atoms with Crippen molar-refractivity contribution >= 4 is 0 Å². The lowest BCUT2D eigenvalue weighted by Crippen LogP contribution is -2.00. The number of halogens is 1. The average Bonchev–Trinajstić information content (AvgIpc) is 2.42. The van der Waals surface area contributed by atoms with Crippen LogP contribution >= 0.6 is 0 Å². The van der Waals surface area contributed by atoms with Gasteiger partial charge >= 0.3 is 0 Å². The minimum atomic E-state index is -0.567. The molecule has 0 spiro atoms. The van der Waals surface area contributed by atoms with Crippen molar-refractivity contribution in [1.82, 2.24) is 9.97 Å². The highest BCUT2D eigenvalue weighted by Crippen LogP contribution is 2.24. The summed E-state index contributed by atoms with van der Waals surface area (Å²) in [5, 5.41) is 8.92. The summed E-state index contributed by atoms with van der Waals surface area (Å²) in [7, 11) is 1.40. The summed E-state index contributed by atoms with van der Waals surface area (Å²) in [5.41, 5.74) is 0.956. The number of nitriles is 1. The summed E-state index contributed by atoms with van der Waals surface area (Å²) in [6, 6.07) is 4.97. The van der Waals surface area contributed by atoms with Crippen molar-refractivity contribution < 1.29 is 9.13 Å². The molecule has 0 saturated heterocycles. The molecule has 1 aromatic heterocycles. The maximum absolute atomic E-state index is 14.1. The fourth-order valence-electron chi connectivity index (χ4n) is 1.63. The highest BCUT2D eigenvalue weighted by molar-refractivity contribution is 5.47. The van der Waals surface area contributed by atoms with Crippen LogP contribution in [0.1, 0.15) is 16.8 Å². The van der Waals surface area contributed by atoms with E-state index < -0.39 is 5.82 Å². The molecule has 90 valence electrons. The third-order valence-corrected chi connectivity index (χ3v) is 2.50. The molecule has 0 bridgehead atoms. The van der Waals surface area contributed by atoms with Crippen molar-refractivity contribution in [3.8, 4) is 11.8 Å². The van der Waals surface area contributed by atoms with Crippen LogP contribution in [0.3, 0.4) is 0 Å². The van der Waals surface area contributed by atoms with Gasteiger partial charge in [-0.1, -0.05) is 6.07 Å². The van der Waals surface area contributed by atoms with Crippen LogP contribution in [0.25, 0.3) is 0 Å². The first kappa shape index (κ1) is 12.0. The van der Waals surface area contributed by atoms with Gasteiger partial charge in [0.25, 0.3) is 0 Å². The smallest absolute Gasteiger partial charge is 0.148 e. The zero-order chi connectivity index (χ0) is 13.0. The largest absolute Gasteiger partial charge is 0.495 e. The monoisotopic (exact) mass is 243 g/mol. The third-order valence-electron chi connectivity index (χ3n) is 2.50. The molecule has 4 nitrogen and oxygen atoms in total. The van der Waals surface area contributed by atoms with Crippen LogP contribution < -0.4 is 4.74 Å². The fraction of sp³-hybridized carbons (Fsp3) is 0.154. The molecule has 0 aliphatic carbocycles. The Morgan fingerprint density at radius 1 is 1.39 bits per heavy atom. The van der Waals surface area contributed by atoms with Crippen molar-refractivity contribution in [2.75, 3.05) is 7.11 Å². The van der Waals surface area contributed by atoms with Crippen LogP contribution in [0.15, 0.2) is 30.7 Å². The Kier molecular flexibility index (Phi) is 3.49. The molecule has 1 aromatic carbocycles. The van der Waals surface area contributed by atoms with Crippen molar-refractivity contribution in [1.29, 1.82) is 5.26 Å². The number of hydrogen-bond acceptors (Lipinski definition) is 4. The Labute approximate surface area is 104 Å². The Morgan fingerprint density at radius 3 is 2.83 bits per heavy atom. The first-order valence-electron chi connectivity index (χ1n) is 5.26. The molecule has 0 aliphatic rings. The number of nitrogens with zero attached hydrogens (tertiary/aromatic N) is 3. The average molecular weight is 243 g/mol. The van der Waals surface area contributed by atoms with Gasteiger partial charge in [-0.2, -0.15) is 5.26 Å². The molecule has 0 N–H and O–H groups in total. The molecule has 0 amide bonds. The van der Waals surface area contributed by atoms with Gasteiger partial charge < -0.3 is 4.74 Å². The second kappa shape index (κ2) is 5.23. The summed E-state index contributed by atoms with van der Waals surface area (Å²) in [4.78, 5) is 7.98. The van der Waals surface area contributed by atoms with E-state index in [1.807, 2.05) is 0 Å². The van der Waals surface area contributed by atoms with E-state index in [4.69, 9.17) is 10.00 Å². The first-order chi connectivity index (χ1) is 8.76. The highest BCUT2D eigenvalue weighted by Gasteiger charge is 2.14. The van der Waals surface area contributed by atoms with Crippen LogP contribution in [-0.4, -0.2) is 17.1 Å². The minimum Gasteiger partial charge on any atom is -0.495 e. The second-order valence-corrected chi connectivity index (χ2v) is 3.60. The second-order valence-electron chi connectivity index (χ2n) is 3.60. The predicted molar refractivity (Wildman–Crippen MR) is 62.5 cm³/mol. The standard InChI is InChI=1S/C13H10FN3O/c1-18-12-3-2-9(13(14)11(12)7-15)6-10-8-16-4-5-17-10/h2-5,8H,6H2,1H3. The van der Waals surface area contributed by atoms with Gasteiger partial charge in [0.05, 0.1) is 12.8 Å². The summed E-state index contributed by atoms with van der Waals surface area (Å²) in [5.74, 6) is -0.333. The summed E-state index contributed by atoms with van der Waals surface area (Å²) < 4.78 is 19.0. The number of hydrogen-bond donors (Lipinski definition) is 0. The Hall–Kier alpha value is -2.48. The zero-order valence-corrected chi connectivity index (χ0v) is 9.72. The number of benzene rings is 1. The lowest BCUT2D eigenvalue weighted by atomic mass is 10.0. The van der Waals surface area contributed by atoms with E-state index in [2.05, 4.69) is 9.97 Å². The molecule has 2 aromatic rings. The number of aromatic nitrogens is 2. The number of methoxy groups -OCH3 is 1. The molecule has 0 aliphatic heterocycles. The van der Waals surface area contributed by atoms with Crippen molar-refractivity contribution in [3.63, 3.8) is 0 Å². The van der Waals surface area contributed by atoms with Crippen LogP contribution in [0, 0.1) is 17.1 Å². The van der Waals surface area contributed by atoms with E-state index in [1.54, 1.807) is 36.8 Å². The number of rotatable bonds is 3. The van der Waals surface area contributed by atoms with Gasteiger partial charge in [-0.05, 0) is 11.6 Å². The van der Waals surface area contributed by atoms with Gasteiger partial charge in [0.15, 0.2) is 0 Å². The molecular formula is C13H10FN3O. The maximum atomic E-state index is 14.1. The third kappa shape index (κ3) is 2.28. The molecule has 0 radical (unpaired) electrons. The van der Waals surface area contributed by atoms with Gasteiger partial charge in [-0.15, -0.1) is 0 Å². The van der Waals surface area contributed by atoms with Crippen LogP contribution in [0.5, 0.6) is 5.75 Å². The molecule has 18 heavy (non-hydrogen) atoms. The lowest BCUT2D eigenvalue weighted by molar-refractivity contribution is 0.409. The van der Waals surface area contributed by atoms with Crippen LogP contribution in [-0.2, 0) is 6.42 Å². The molecule has 2 rings (SSSR count). The molecule has 0 unspecified atom stereocenters. The van der Waals surface area contributed by atoms with E-state index in [-0.39, 0.29) is 11.3 Å². The van der Waals surface area contributed by atoms with Crippen LogP contribution in [0.2, 0.25) is 0 Å². The topological polar surface area (TPSA) is 58.8 Å². The van der Waals surface area contributed by atoms with Gasteiger partial charge in [-0.25, -0.2) is 4.39 Å². The van der Waals surface area contributed by atoms with E-state index in [9.17, 15) is 4.39 Å². The predicted octanol–water partition coefficient (Wildman–Crippen LogP) is 2.09. The molecule has 0 fully saturated rings. The van der Waals surface area contributed by atoms with Crippen molar-refractivity contribution in [2.45, 2.75) is 6.42 Å². The summed E-state index contributed by atoms with van der Waals surface area (Å²) >= 11 is 0. The zero-order valence-electron chi connectivity index (χ0n) is 9.72. The van der Waals surface area contributed by atoms with Gasteiger partial charge in [0.2, 0.25) is 0 Å². The summed E-state index contributed by atoms with van der Waals surface area (Å²) in [6.07, 6.45) is 4.95. The maximum Gasteiger partial charge on any atom is 0.148 e. The molecule has 0 saturated carbocycles. The fourth-order valence-corrected chi connectivity index (χ4v) is 1.63. The van der Waals surface area contributed by atoms with E-state index in [0.29, 0.717) is 17.7 Å². The molecule has 0 atom stereocenters. The van der Waals surface area contributed by atoms with Gasteiger partial charge in [0.1, 0.15) is 23.2 Å². The Bertz CT molecular complexity index is 593. The highest BCUT2D eigenvalue weighted by atomic mass is 19.1. The summed E-state index contributed by atoms with van der Waals surface area (Å²) in [6.45, 7) is 0. The lowest BCUT2D eigenvalue weighted by Gasteiger charge is -2.07. The molecule has 1 heterocycles. The SMILES string of the molecule is COc1ccc(Cc2cnccn2)c(F)c1C#N. The number of ether oxygens (including phenoxy) is 1. The minimum absolute atomic E-state index is 0.0844. The van der Waals surface area contributed by atoms with E-state index >= 15 is 0 Å². The Morgan fingerprint density at radius 2 is 2.22 bits per heavy atom. The van der Waals surface area contributed by atoms with Crippen molar-refractivity contribution in [2.24, 2.45) is 0 Å². The Balaban J connectivity index is 2.39. The first-order valence-corrected chi connectivity index (χ1v) is 5.26. The van der Waals surface area contributed by atoms with Gasteiger partial charge in [0, 0.05) is 25.0 Å². The van der Waals surface area contributed by atoms with Crippen molar-refractivity contribution in [3.05, 3.63) is 53.4 Å². The molecule has 5 heteroatoms. The quantitative estimate of drug-likeness (QED) is 0.828.